The summed E-state index contributed by atoms with van der Waals surface area (Å²) in [7, 11) is 6.04. The molecule has 0 aliphatic rings. The van der Waals surface area contributed by atoms with Gasteiger partial charge in [0, 0.05) is 30.9 Å². The number of ether oxygens (including phenoxy) is 5. The van der Waals surface area contributed by atoms with Crippen molar-refractivity contribution in [2.75, 3.05) is 33.2 Å². The number of anilines is 1. The van der Waals surface area contributed by atoms with Crippen LogP contribution in [-0.4, -0.2) is 44.7 Å². The molecule has 0 unspecified atom stereocenters. The number of methoxy groups -OCH3 is 4. The second-order valence-electron chi connectivity index (χ2n) is 7.18. The van der Waals surface area contributed by atoms with Crippen LogP contribution in [0.25, 0.3) is 11.0 Å². The van der Waals surface area contributed by atoms with Crippen LogP contribution in [-0.2, 0) is 11.3 Å². The minimum Gasteiger partial charge on any atom is -0.496 e. The Kier molecular flexibility index (Phi) is 7.85. The van der Waals surface area contributed by atoms with Crippen molar-refractivity contribution >= 4 is 34.8 Å². The van der Waals surface area contributed by atoms with Gasteiger partial charge in [-0.05, 0) is 29.6 Å². The van der Waals surface area contributed by atoms with Crippen LogP contribution in [0.2, 0.25) is 0 Å². The number of hydrogen-bond donors (Lipinski definition) is 2. The molecule has 36 heavy (non-hydrogen) atoms. The van der Waals surface area contributed by atoms with Crippen LogP contribution in [0.4, 0.5) is 10.6 Å². The maximum Gasteiger partial charge on any atom is 0.407 e. The monoisotopic (exact) mass is 512 g/mol. The third-order valence-corrected chi connectivity index (χ3v) is 5.91. The molecule has 2 aromatic heterocycles. The molecule has 2 N–H and O–H groups in total. The highest BCUT2D eigenvalue weighted by Gasteiger charge is 2.19. The van der Waals surface area contributed by atoms with E-state index in [-0.39, 0.29) is 6.54 Å². The van der Waals surface area contributed by atoms with Gasteiger partial charge in [0.1, 0.15) is 33.3 Å². The zero-order valence-electron chi connectivity index (χ0n) is 20.0. The summed E-state index contributed by atoms with van der Waals surface area (Å²) in [5.41, 5.74) is 1.24. The second kappa shape index (κ2) is 11.4. The Balaban J connectivity index is 1.52. The van der Waals surface area contributed by atoms with Gasteiger partial charge in [-0.3, -0.25) is 0 Å². The molecule has 0 aliphatic heterocycles. The summed E-state index contributed by atoms with van der Waals surface area (Å²) < 4.78 is 35.6. The average molecular weight is 513 g/mol. The van der Waals surface area contributed by atoms with Crippen LogP contribution in [0, 0.1) is 0 Å². The van der Waals surface area contributed by atoms with Crippen LogP contribution in [0.1, 0.15) is 5.56 Å². The first-order valence-electron chi connectivity index (χ1n) is 10.6. The molecule has 1 amide bonds. The van der Waals surface area contributed by atoms with Gasteiger partial charge in [0.15, 0.2) is 11.4 Å². The van der Waals surface area contributed by atoms with Crippen LogP contribution in [0.5, 0.6) is 28.9 Å². The lowest BCUT2D eigenvalue weighted by Gasteiger charge is -2.12. The predicted molar refractivity (Wildman–Crippen MR) is 133 cm³/mol. The summed E-state index contributed by atoms with van der Waals surface area (Å²) >= 11 is 1.28. The highest BCUT2D eigenvalue weighted by molar-refractivity contribution is 8.00. The van der Waals surface area contributed by atoms with Crippen molar-refractivity contribution in [3.05, 3.63) is 54.2 Å². The summed E-state index contributed by atoms with van der Waals surface area (Å²) in [6, 6.07) is 12.4. The van der Waals surface area contributed by atoms with Gasteiger partial charge in [0.25, 0.3) is 0 Å². The quantitative estimate of drug-likeness (QED) is 0.278. The molecule has 2 heterocycles. The number of carbonyl (C=O) groups excluding carboxylic acids is 1. The smallest absolute Gasteiger partial charge is 0.407 e. The molecule has 0 saturated heterocycles. The summed E-state index contributed by atoms with van der Waals surface area (Å²) in [6.45, 7) is 0.284. The average Bonchev–Trinajstić information content (AvgIpc) is 3.33. The lowest BCUT2D eigenvalue weighted by molar-refractivity contribution is 0.170. The number of nitrogens with zero attached hydrogens (tertiary/aromatic N) is 2. The molecule has 0 aliphatic carbocycles. The van der Waals surface area contributed by atoms with Crippen molar-refractivity contribution in [1.82, 2.24) is 15.5 Å². The van der Waals surface area contributed by atoms with E-state index in [0.29, 0.717) is 45.7 Å². The Morgan fingerprint density at radius 1 is 1.00 bits per heavy atom. The molecule has 2 aromatic carbocycles. The van der Waals surface area contributed by atoms with E-state index >= 15 is 0 Å². The molecule has 0 radical (unpaired) electrons. The lowest BCUT2D eigenvalue weighted by atomic mass is 10.2. The van der Waals surface area contributed by atoms with Crippen molar-refractivity contribution in [2.45, 2.75) is 11.4 Å². The van der Waals surface area contributed by atoms with E-state index in [4.69, 9.17) is 23.5 Å². The van der Waals surface area contributed by atoms with Crippen molar-refractivity contribution < 1.29 is 33.0 Å². The predicted octanol–water partition coefficient (Wildman–Crippen LogP) is 5.02. The topological polar surface area (TPSA) is 126 Å². The van der Waals surface area contributed by atoms with Gasteiger partial charge in [-0.25, -0.2) is 9.78 Å². The molecular formula is C24H24N4O7S. The normalized spacial score (nSPS) is 10.6. The second-order valence-corrected chi connectivity index (χ2v) is 7.99. The number of pyridine rings is 1. The molecule has 188 valence electrons. The first kappa shape index (κ1) is 24.8. The largest absolute Gasteiger partial charge is 0.496 e. The first-order chi connectivity index (χ1) is 17.6. The Bertz CT molecular complexity index is 1320. The number of amides is 1. The van der Waals surface area contributed by atoms with E-state index in [9.17, 15) is 4.79 Å². The van der Waals surface area contributed by atoms with Gasteiger partial charge < -0.3 is 38.2 Å². The van der Waals surface area contributed by atoms with Gasteiger partial charge in [0.05, 0.1) is 28.4 Å². The Morgan fingerprint density at radius 2 is 1.75 bits per heavy atom. The van der Waals surface area contributed by atoms with Gasteiger partial charge in [-0.15, -0.1) is 0 Å². The fourth-order valence-electron chi connectivity index (χ4n) is 3.26. The van der Waals surface area contributed by atoms with Crippen LogP contribution < -0.4 is 29.0 Å². The Labute approximate surface area is 211 Å². The fraction of sp³-hybridized carbons (Fsp3) is 0.208. The Morgan fingerprint density at radius 3 is 2.39 bits per heavy atom. The maximum absolute atomic E-state index is 11.2. The molecule has 0 fully saturated rings. The Hall–Kier alpha value is -4.32. The number of benzene rings is 2. The number of hydrogen-bond acceptors (Lipinski definition) is 11. The zero-order chi connectivity index (χ0) is 25.5. The first-order valence-corrected chi connectivity index (χ1v) is 11.4. The molecule has 0 saturated carbocycles. The van der Waals surface area contributed by atoms with E-state index in [1.807, 2.05) is 18.2 Å². The van der Waals surface area contributed by atoms with Gasteiger partial charge in [-0.1, -0.05) is 17.3 Å². The van der Waals surface area contributed by atoms with E-state index in [1.165, 1.54) is 19.1 Å². The minimum absolute atomic E-state index is 0.284. The molecule has 12 heteroatoms. The summed E-state index contributed by atoms with van der Waals surface area (Å²) in [5.74, 6) is 3.08. The lowest BCUT2D eigenvalue weighted by Crippen LogP contribution is -2.22. The number of nitrogens with one attached hydrogen (secondary N) is 2. The van der Waals surface area contributed by atoms with E-state index in [1.54, 1.807) is 51.8 Å². The SMILES string of the molecule is COC(=O)NCc1ccc(Oc2cc(OC)c3c(NSc4c(OC)cccc4OC)noc3c2)nc1. The van der Waals surface area contributed by atoms with E-state index in [2.05, 4.69) is 24.9 Å². The molecule has 4 rings (SSSR count). The minimum atomic E-state index is -0.517. The highest BCUT2D eigenvalue weighted by Crippen LogP contribution is 2.41. The molecule has 0 atom stereocenters. The van der Waals surface area contributed by atoms with Crippen molar-refractivity contribution in [1.29, 1.82) is 0 Å². The van der Waals surface area contributed by atoms with Gasteiger partial charge in [-0.2, -0.15) is 0 Å². The number of fused-ring (bicyclic) bond motifs is 1. The van der Waals surface area contributed by atoms with Crippen molar-refractivity contribution in [2.24, 2.45) is 0 Å². The summed E-state index contributed by atoms with van der Waals surface area (Å²) in [5, 5.41) is 7.38. The van der Waals surface area contributed by atoms with Crippen LogP contribution in [0.15, 0.2) is 58.1 Å². The third-order valence-electron chi connectivity index (χ3n) is 5.01. The number of rotatable bonds is 10. The van der Waals surface area contributed by atoms with Crippen molar-refractivity contribution in [3.8, 4) is 28.9 Å². The summed E-state index contributed by atoms with van der Waals surface area (Å²) in [4.78, 5) is 16.2. The maximum atomic E-state index is 11.2. The number of carbonyl (C=O) groups is 1. The van der Waals surface area contributed by atoms with Gasteiger partial charge in [0.2, 0.25) is 5.88 Å². The van der Waals surface area contributed by atoms with Gasteiger partial charge >= 0.3 is 6.09 Å². The fourth-order valence-corrected chi connectivity index (χ4v) is 4.10. The van der Waals surface area contributed by atoms with Crippen LogP contribution in [0.3, 0.4) is 0 Å². The van der Waals surface area contributed by atoms with E-state index in [0.717, 1.165) is 10.5 Å². The van der Waals surface area contributed by atoms with Crippen molar-refractivity contribution in [3.63, 3.8) is 0 Å². The van der Waals surface area contributed by atoms with Crippen LogP contribution >= 0.6 is 11.9 Å². The summed E-state index contributed by atoms with van der Waals surface area (Å²) in [6.07, 6.45) is 1.08. The van der Waals surface area contributed by atoms with E-state index < -0.39 is 6.09 Å². The molecular weight excluding hydrogens is 488 g/mol. The third kappa shape index (κ3) is 5.49. The molecule has 11 nitrogen and oxygen atoms in total. The molecule has 4 aromatic rings. The standard InChI is InChI=1S/C24H24N4O7S/c1-30-16-6-5-7-17(31-2)22(16)36-28-23-21-18(32-3)10-15(11-19(21)35-27-23)34-20-9-8-14(12-25-20)13-26-24(29)33-4/h5-12H,13H2,1-4H3,(H,26,29)(H,27,28). The molecule has 0 bridgehead atoms. The number of alkyl carbamates (subject to hydrolysis) is 1. The highest BCUT2D eigenvalue weighted by atomic mass is 32.2. The number of aromatic nitrogens is 2. The zero-order valence-corrected chi connectivity index (χ0v) is 20.8. The molecule has 0 spiro atoms.